The second kappa shape index (κ2) is 12.9. The van der Waals surface area contributed by atoms with Gasteiger partial charge in [0, 0.05) is 17.3 Å². The van der Waals surface area contributed by atoms with Gasteiger partial charge in [-0.3, -0.25) is 9.59 Å². The summed E-state index contributed by atoms with van der Waals surface area (Å²) in [6.07, 6.45) is -4.88. The number of rotatable bonds is 9. The minimum absolute atomic E-state index is 0.0143. The fourth-order valence-electron chi connectivity index (χ4n) is 5.15. The van der Waals surface area contributed by atoms with Crippen molar-refractivity contribution < 1.29 is 41.4 Å². The van der Waals surface area contributed by atoms with Crippen LogP contribution in [0, 0.1) is 5.82 Å². The maximum atomic E-state index is 15.1. The van der Waals surface area contributed by atoms with E-state index in [-0.39, 0.29) is 36.6 Å². The number of nitrogens with zero attached hydrogens (tertiary/aromatic N) is 3. The van der Waals surface area contributed by atoms with E-state index in [1.807, 2.05) is 0 Å². The van der Waals surface area contributed by atoms with Gasteiger partial charge in [-0.25, -0.2) is 14.4 Å². The van der Waals surface area contributed by atoms with E-state index >= 15 is 4.39 Å². The van der Waals surface area contributed by atoms with Crippen LogP contribution in [0.4, 0.5) is 29.1 Å². The van der Waals surface area contributed by atoms with E-state index in [4.69, 9.17) is 14.2 Å². The van der Waals surface area contributed by atoms with Crippen LogP contribution in [0.3, 0.4) is 0 Å². The van der Waals surface area contributed by atoms with E-state index in [1.54, 1.807) is 63.2 Å². The number of aromatic nitrogens is 2. The molecule has 3 aromatic carbocycles. The van der Waals surface area contributed by atoms with Gasteiger partial charge in [0.1, 0.15) is 34.3 Å². The fourth-order valence-corrected chi connectivity index (χ4v) is 5.15. The van der Waals surface area contributed by atoms with Crippen molar-refractivity contribution in [3.05, 3.63) is 94.4 Å². The summed E-state index contributed by atoms with van der Waals surface area (Å²) in [5.41, 5.74) is -0.872. The molecule has 0 fully saturated rings. The molecule has 0 saturated heterocycles. The SMILES string of the molecule is COc1ccc(CN2Cc3nc(-c4c(F)cccc4C(F)(F)F)nc(Nc4ccc(CC(=O)OC(C)(C)C)cc4)c3C2=O)c(OC)c1. The Morgan fingerprint density at radius 2 is 1.68 bits per heavy atom. The lowest BCUT2D eigenvalue weighted by molar-refractivity contribution is -0.153. The summed E-state index contributed by atoms with van der Waals surface area (Å²) < 4.78 is 73.1. The summed E-state index contributed by atoms with van der Waals surface area (Å²) in [7, 11) is 2.98. The number of carbonyl (C=O) groups is 2. The molecule has 2 heterocycles. The predicted molar refractivity (Wildman–Crippen MR) is 165 cm³/mol. The van der Waals surface area contributed by atoms with Gasteiger partial charge in [-0.05, 0) is 62.7 Å². The van der Waals surface area contributed by atoms with Gasteiger partial charge in [-0.1, -0.05) is 18.2 Å². The van der Waals surface area contributed by atoms with Gasteiger partial charge in [0.05, 0.1) is 50.6 Å². The lowest BCUT2D eigenvalue weighted by atomic mass is 10.0. The molecule has 0 bridgehead atoms. The van der Waals surface area contributed by atoms with E-state index in [2.05, 4.69) is 15.3 Å². The first-order valence-electron chi connectivity index (χ1n) is 14.5. The van der Waals surface area contributed by atoms with Crippen LogP contribution >= 0.6 is 0 Å². The maximum absolute atomic E-state index is 15.1. The van der Waals surface area contributed by atoms with Crippen molar-refractivity contribution in [2.24, 2.45) is 0 Å². The summed E-state index contributed by atoms with van der Waals surface area (Å²) in [5.74, 6) is -1.69. The monoisotopic (exact) mass is 652 g/mol. The molecule has 1 aliphatic heterocycles. The van der Waals surface area contributed by atoms with Crippen molar-refractivity contribution in [1.82, 2.24) is 14.9 Å². The Kier molecular flexibility index (Phi) is 9.10. The molecule has 246 valence electrons. The predicted octanol–water partition coefficient (Wildman–Crippen LogP) is 7.10. The molecule has 13 heteroatoms. The maximum Gasteiger partial charge on any atom is 0.417 e. The average molecular weight is 653 g/mol. The van der Waals surface area contributed by atoms with Crippen molar-refractivity contribution in [3.63, 3.8) is 0 Å². The second-order valence-electron chi connectivity index (χ2n) is 11.8. The van der Waals surface area contributed by atoms with Crippen LogP contribution in [0.1, 0.15) is 53.5 Å². The molecule has 0 unspecified atom stereocenters. The molecule has 9 nitrogen and oxygen atoms in total. The molecule has 0 aliphatic carbocycles. The Labute approximate surface area is 268 Å². The first kappa shape index (κ1) is 33.2. The summed E-state index contributed by atoms with van der Waals surface area (Å²) in [5, 5.41) is 3.00. The zero-order valence-corrected chi connectivity index (χ0v) is 26.3. The largest absolute Gasteiger partial charge is 0.497 e. The van der Waals surface area contributed by atoms with Crippen LogP contribution in [0.2, 0.25) is 0 Å². The Bertz CT molecular complexity index is 1820. The molecule has 1 aliphatic rings. The molecule has 47 heavy (non-hydrogen) atoms. The van der Waals surface area contributed by atoms with Gasteiger partial charge in [0.15, 0.2) is 5.82 Å². The van der Waals surface area contributed by atoms with Crippen LogP contribution in [-0.2, 0) is 35.2 Å². The number of benzene rings is 3. The number of anilines is 2. The minimum atomic E-state index is -4.90. The Morgan fingerprint density at radius 3 is 2.32 bits per heavy atom. The molecular weight excluding hydrogens is 620 g/mol. The zero-order valence-electron chi connectivity index (χ0n) is 26.3. The summed E-state index contributed by atoms with van der Waals surface area (Å²) in [6, 6.07) is 14.3. The molecule has 0 radical (unpaired) electrons. The highest BCUT2D eigenvalue weighted by molar-refractivity contribution is 6.03. The normalized spacial score (nSPS) is 13.0. The third kappa shape index (κ3) is 7.45. The van der Waals surface area contributed by atoms with Gasteiger partial charge in [-0.2, -0.15) is 13.2 Å². The number of fused-ring (bicyclic) bond motifs is 1. The number of hydrogen-bond acceptors (Lipinski definition) is 8. The highest BCUT2D eigenvalue weighted by Crippen LogP contribution is 2.40. The van der Waals surface area contributed by atoms with E-state index in [0.717, 1.165) is 18.2 Å². The van der Waals surface area contributed by atoms with Crippen molar-refractivity contribution >= 4 is 23.4 Å². The van der Waals surface area contributed by atoms with Crippen LogP contribution in [0.25, 0.3) is 11.4 Å². The van der Waals surface area contributed by atoms with Crippen molar-refractivity contribution in [2.45, 2.75) is 52.1 Å². The number of carbonyl (C=O) groups excluding carboxylic acids is 2. The molecular formula is C34H32F4N4O5. The van der Waals surface area contributed by atoms with Gasteiger partial charge in [0.2, 0.25) is 0 Å². The summed E-state index contributed by atoms with van der Waals surface area (Å²) in [6.45, 7) is 5.28. The molecule has 4 aromatic rings. The quantitative estimate of drug-likeness (QED) is 0.151. The Balaban J connectivity index is 1.53. The number of nitrogens with one attached hydrogen (secondary N) is 1. The molecule has 0 saturated carbocycles. The van der Waals surface area contributed by atoms with Gasteiger partial charge < -0.3 is 24.4 Å². The Hall–Kier alpha value is -5.20. The molecule has 0 atom stereocenters. The standard InChI is InChI=1S/C34H32F4N4O5/c1-33(2,3)47-27(43)15-19-9-12-21(13-10-19)39-31-29-25(40-30(41-31)28-23(34(36,37)38)7-6-8-24(28)35)18-42(32(29)44)17-20-11-14-22(45-4)16-26(20)46-5/h6-14,16H,15,17-18H2,1-5H3,(H,39,40,41). The third-order valence-electron chi connectivity index (χ3n) is 7.21. The number of hydrogen-bond donors (Lipinski definition) is 1. The van der Waals surface area contributed by atoms with Gasteiger partial charge in [0.25, 0.3) is 5.91 Å². The highest BCUT2D eigenvalue weighted by Gasteiger charge is 2.38. The smallest absolute Gasteiger partial charge is 0.417 e. The van der Waals surface area contributed by atoms with Crippen LogP contribution in [0.5, 0.6) is 11.5 Å². The van der Waals surface area contributed by atoms with E-state index in [9.17, 15) is 22.8 Å². The van der Waals surface area contributed by atoms with Gasteiger partial charge >= 0.3 is 12.1 Å². The third-order valence-corrected chi connectivity index (χ3v) is 7.21. The van der Waals surface area contributed by atoms with Crippen molar-refractivity contribution in [1.29, 1.82) is 0 Å². The van der Waals surface area contributed by atoms with Crippen molar-refractivity contribution in [3.8, 4) is 22.9 Å². The lowest BCUT2D eigenvalue weighted by Gasteiger charge is -2.19. The van der Waals surface area contributed by atoms with Crippen LogP contribution < -0.4 is 14.8 Å². The average Bonchev–Trinajstić information content (AvgIpc) is 3.31. The molecule has 1 N–H and O–H groups in total. The molecule has 1 aromatic heterocycles. The number of halogens is 4. The molecule has 0 spiro atoms. The van der Waals surface area contributed by atoms with E-state index in [0.29, 0.717) is 28.3 Å². The molecule has 1 amide bonds. The van der Waals surface area contributed by atoms with Crippen molar-refractivity contribution in [2.75, 3.05) is 19.5 Å². The zero-order chi connectivity index (χ0) is 34.1. The van der Waals surface area contributed by atoms with E-state index in [1.165, 1.54) is 19.1 Å². The highest BCUT2D eigenvalue weighted by atomic mass is 19.4. The summed E-state index contributed by atoms with van der Waals surface area (Å²) in [4.78, 5) is 36.1. The Morgan fingerprint density at radius 1 is 0.957 bits per heavy atom. The number of amides is 1. The first-order chi connectivity index (χ1) is 22.2. The second-order valence-corrected chi connectivity index (χ2v) is 11.8. The minimum Gasteiger partial charge on any atom is -0.497 e. The fraction of sp³-hybridized carbons (Fsp3) is 0.294. The molecule has 5 rings (SSSR count). The number of ether oxygens (including phenoxy) is 3. The van der Waals surface area contributed by atoms with E-state index < -0.39 is 46.4 Å². The van der Waals surface area contributed by atoms with Gasteiger partial charge in [-0.15, -0.1) is 0 Å². The first-order valence-corrected chi connectivity index (χ1v) is 14.5. The topological polar surface area (TPSA) is 103 Å². The van der Waals surface area contributed by atoms with Crippen LogP contribution in [0.15, 0.2) is 60.7 Å². The number of methoxy groups -OCH3 is 2. The lowest BCUT2D eigenvalue weighted by Crippen LogP contribution is -2.24. The number of esters is 1. The summed E-state index contributed by atoms with van der Waals surface area (Å²) >= 11 is 0. The number of alkyl halides is 3. The van der Waals surface area contributed by atoms with Crippen LogP contribution in [-0.4, -0.2) is 46.6 Å².